The van der Waals surface area contributed by atoms with E-state index in [9.17, 15) is 14.7 Å². The highest BCUT2D eigenvalue weighted by Crippen LogP contribution is 2.26. The Labute approximate surface area is 145 Å². The summed E-state index contributed by atoms with van der Waals surface area (Å²) in [6, 6.07) is 21.6. The largest absolute Gasteiger partial charge is 0.478 e. The van der Waals surface area contributed by atoms with Gasteiger partial charge < -0.3 is 10.4 Å². The lowest BCUT2D eigenvalue weighted by atomic mass is 10.0. The molecule has 0 aliphatic carbocycles. The van der Waals surface area contributed by atoms with Crippen molar-refractivity contribution in [3.63, 3.8) is 0 Å². The Morgan fingerprint density at radius 1 is 0.840 bits per heavy atom. The molecule has 0 aliphatic rings. The molecular weight excluding hydrogens is 314 g/mol. The summed E-state index contributed by atoms with van der Waals surface area (Å²) in [7, 11) is 0. The smallest absolute Gasteiger partial charge is 0.337 e. The van der Waals surface area contributed by atoms with E-state index in [0.29, 0.717) is 5.56 Å². The molecule has 4 nitrogen and oxygen atoms in total. The van der Waals surface area contributed by atoms with E-state index in [2.05, 4.69) is 5.32 Å². The molecule has 0 heterocycles. The normalized spacial score (nSPS) is 10.3. The number of amides is 1. The first-order valence-corrected chi connectivity index (χ1v) is 7.85. The highest BCUT2D eigenvalue weighted by Gasteiger charge is 2.14. The number of aromatic carboxylic acids is 1. The van der Waals surface area contributed by atoms with E-state index in [1.54, 1.807) is 36.4 Å². The van der Waals surface area contributed by atoms with Crippen molar-refractivity contribution >= 4 is 17.6 Å². The van der Waals surface area contributed by atoms with Gasteiger partial charge in [0.1, 0.15) is 0 Å². The Kier molecular flexibility index (Phi) is 4.61. The number of aryl methyl sites for hydroxylation is 1. The van der Waals surface area contributed by atoms with Crippen LogP contribution in [-0.2, 0) is 0 Å². The van der Waals surface area contributed by atoms with E-state index in [1.807, 2.05) is 37.3 Å². The van der Waals surface area contributed by atoms with Crippen molar-refractivity contribution in [1.82, 2.24) is 0 Å². The average Bonchev–Trinajstić information content (AvgIpc) is 2.63. The Morgan fingerprint density at radius 2 is 1.48 bits per heavy atom. The first-order chi connectivity index (χ1) is 12.0. The first-order valence-electron chi connectivity index (χ1n) is 7.85. The summed E-state index contributed by atoms with van der Waals surface area (Å²) in [6.07, 6.45) is 0. The number of rotatable bonds is 4. The zero-order chi connectivity index (χ0) is 17.8. The SMILES string of the molecule is Cc1ccc(-c2ccc(C(=O)O)c(NC(=O)c3ccccc3)c2)cc1. The second-order valence-corrected chi connectivity index (χ2v) is 5.75. The Morgan fingerprint density at radius 3 is 2.12 bits per heavy atom. The number of hydrogen-bond acceptors (Lipinski definition) is 2. The zero-order valence-corrected chi connectivity index (χ0v) is 13.7. The molecule has 25 heavy (non-hydrogen) atoms. The lowest BCUT2D eigenvalue weighted by molar-refractivity contribution is 0.0698. The summed E-state index contributed by atoms with van der Waals surface area (Å²) in [4.78, 5) is 23.9. The maximum atomic E-state index is 12.4. The Balaban J connectivity index is 1.98. The molecule has 1 amide bonds. The molecule has 0 radical (unpaired) electrons. The first kappa shape index (κ1) is 16.5. The molecule has 0 aromatic heterocycles. The molecule has 3 aromatic carbocycles. The van der Waals surface area contributed by atoms with Gasteiger partial charge in [0.2, 0.25) is 0 Å². The van der Waals surface area contributed by atoms with Crippen LogP contribution in [0, 0.1) is 6.92 Å². The molecule has 0 fully saturated rings. The molecule has 0 saturated carbocycles. The van der Waals surface area contributed by atoms with E-state index in [-0.39, 0.29) is 17.2 Å². The number of anilines is 1. The van der Waals surface area contributed by atoms with Crippen LogP contribution in [0.25, 0.3) is 11.1 Å². The van der Waals surface area contributed by atoms with E-state index >= 15 is 0 Å². The van der Waals surface area contributed by atoms with Crippen LogP contribution < -0.4 is 5.32 Å². The van der Waals surface area contributed by atoms with Gasteiger partial charge in [-0.25, -0.2) is 4.79 Å². The van der Waals surface area contributed by atoms with Gasteiger partial charge in [0.05, 0.1) is 11.3 Å². The van der Waals surface area contributed by atoms with Crippen molar-refractivity contribution < 1.29 is 14.7 Å². The summed E-state index contributed by atoms with van der Waals surface area (Å²) in [5.74, 6) is -1.43. The van der Waals surface area contributed by atoms with Gasteiger partial charge in [-0.15, -0.1) is 0 Å². The number of benzene rings is 3. The van der Waals surface area contributed by atoms with Gasteiger partial charge in [-0.3, -0.25) is 4.79 Å². The minimum Gasteiger partial charge on any atom is -0.478 e. The lowest BCUT2D eigenvalue weighted by Crippen LogP contribution is -2.14. The summed E-state index contributed by atoms with van der Waals surface area (Å²) < 4.78 is 0. The predicted octanol–water partition coefficient (Wildman–Crippen LogP) is 4.61. The predicted molar refractivity (Wildman–Crippen MR) is 98.0 cm³/mol. The van der Waals surface area contributed by atoms with Crippen molar-refractivity contribution in [1.29, 1.82) is 0 Å². The minimum atomic E-state index is -1.08. The number of hydrogen-bond donors (Lipinski definition) is 2. The molecule has 124 valence electrons. The lowest BCUT2D eigenvalue weighted by Gasteiger charge is -2.11. The van der Waals surface area contributed by atoms with Crippen molar-refractivity contribution in [3.05, 3.63) is 89.5 Å². The fraction of sp³-hybridized carbons (Fsp3) is 0.0476. The van der Waals surface area contributed by atoms with E-state index < -0.39 is 5.97 Å². The zero-order valence-electron chi connectivity index (χ0n) is 13.7. The molecule has 4 heteroatoms. The Bertz CT molecular complexity index is 916. The van der Waals surface area contributed by atoms with Crippen molar-refractivity contribution in [2.24, 2.45) is 0 Å². The number of carboxylic acid groups (broad SMARTS) is 1. The van der Waals surface area contributed by atoms with Gasteiger partial charge in [0.25, 0.3) is 5.91 Å². The highest BCUT2D eigenvalue weighted by molar-refractivity contribution is 6.08. The third-order valence-corrected chi connectivity index (χ3v) is 3.92. The number of carbonyl (C=O) groups excluding carboxylic acids is 1. The molecule has 0 unspecified atom stereocenters. The van der Waals surface area contributed by atoms with Crippen LogP contribution in [0.2, 0.25) is 0 Å². The fourth-order valence-corrected chi connectivity index (χ4v) is 2.54. The summed E-state index contributed by atoms with van der Waals surface area (Å²) >= 11 is 0. The van der Waals surface area contributed by atoms with Gasteiger partial charge in [0.15, 0.2) is 0 Å². The van der Waals surface area contributed by atoms with Gasteiger partial charge in [-0.1, -0.05) is 54.1 Å². The number of carbonyl (C=O) groups is 2. The topological polar surface area (TPSA) is 66.4 Å². The van der Waals surface area contributed by atoms with Crippen LogP contribution in [-0.4, -0.2) is 17.0 Å². The average molecular weight is 331 g/mol. The van der Waals surface area contributed by atoms with Crippen LogP contribution >= 0.6 is 0 Å². The van der Waals surface area contributed by atoms with Crippen LogP contribution in [0.3, 0.4) is 0 Å². The summed E-state index contributed by atoms with van der Waals surface area (Å²) in [5, 5.41) is 12.1. The third-order valence-electron chi connectivity index (χ3n) is 3.92. The van der Waals surface area contributed by atoms with Crippen molar-refractivity contribution in [2.45, 2.75) is 6.92 Å². The molecular formula is C21H17NO3. The van der Waals surface area contributed by atoms with E-state index in [4.69, 9.17) is 0 Å². The fourth-order valence-electron chi connectivity index (χ4n) is 2.54. The molecule has 0 atom stereocenters. The monoisotopic (exact) mass is 331 g/mol. The maximum absolute atomic E-state index is 12.4. The number of nitrogens with one attached hydrogen (secondary N) is 1. The summed E-state index contributed by atoms with van der Waals surface area (Å²) in [5.41, 5.74) is 3.74. The van der Waals surface area contributed by atoms with Crippen LogP contribution in [0.15, 0.2) is 72.8 Å². The van der Waals surface area contributed by atoms with Gasteiger partial charge >= 0.3 is 5.97 Å². The Hall–Kier alpha value is -3.40. The van der Waals surface area contributed by atoms with Gasteiger partial charge in [-0.05, 0) is 42.3 Å². The standard InChI is InChI=1S/C21H17NO3/c1-14-7-9-15(10-8-14)17-11-12-18(21(24)25)19(13-17)22-20(23)16-5-3-2-4-6-16/h2-13H,1H3,(H,22,23)(H,24,25). The summed E-state index contributed by atoms with van der Waals surface area (Å²) in [6.45, 7) is 2.00. The molecule has 0 saturated heterocycles. The number of carboxylic acids is 1. The highest BCUT2D eigenvalue weighted by atomic mass is 16.4. The van der Waals surface area contributed by atoms with Crippen LogP contribution in [0.4, 0.5) is 5.69 Å². The van der Waals surface area contributed by atoms with Gasteiger partial charge in [0, 0.05) is 5.56 Å². The minimum absolute atomic E-state index is 0.0557. The van der Waals surface area contributed by atoms with Crippen molar-refractivity contribution in [3.8, 4) is 11.1 Å². The van der Waals surface area contributed by atoms with Crippen LogP contribution in [0.1, 0.15) is 26.3 Å². The van der Waals surface area contributed by atoms with Crippen LogP contribution in [0.5, 0.6) is 0 Å². The van der Waals surface area contributed by atoms with Crippen molar-refractivity contribution in [2.75, 3.05) is 5.32 Å². The molecule has 0 bridgehead atoms. The third kappa shape index (κ3) is 3.75. The molecule has 0 aliphatic heterocycles. The molecule has 3 aromatic rings. The van der Waals surface area contributed by atoms with Gasteiger partial charge in [-0.2, -0.15) is 0 Å². The second-order valence-electron chi connectivity index (χ2n) is 5.75. The molecule has 3 rings (SSSR count). The molecule has 0 spiro atoms. The maximum Gasteiger partial charge on any atom is 0.337 e. The molecule has 2 N–H and O–H groups in total. The van der Waals surface area contributed by atoms with E-state index in [1.165, 1.54) is 6.07 Å². The van der Waals surface area contributed by atoms with E-state index in [0.717, 1.165) is 16.7 Å². The quantitative estimate of drug-likeness (QED) is 0.733. The second kappa shape index (κ2) is 7.01.